The van der Waals surface area contributed by atoms with Gasteiger partial charge in [0.05, 0.1) is 0 Å². The largest absolute Gasteiger partial charge is 0.126 e. The fourth-order valence-corrected chi connectivity index (χ4v) is 3.65. The summed E-state index contributed by atoms with van der Waals surface area (Å²) in [5.74, 6) is 2.00. The van der Waals surface area contributed by atoms with Crippen molar-refractivity contribution >= 4 is 27.7 Å². The first-order chi connectivity index (χ1) is 7.17. The normalized spacial score (nSPS) is 12.8. The Morgan fingerprint density at radius 2 is 2.07 bits per heavy atom. The lowest BCUT2D eigenvalue weighted by atomic mass is 10.2. The lowest BCUT2D eigenvalue weighted by Crippen LogP contribution is -2.03. The standard InChI is InChI=1S/C13H19BrS/c1-4-12(8-14)9-15-13-6-5-10(2)7-11(13)3/h5-7,12H,4,8-9H2,1-3H3. The summed E-state index contributed by atoms with van der Waals surface area (Å²) in [5.41, 5.74) is 2.76. The summed E-state index contributed by atoms with van der Waals surface area (Å²) < 4.78 is 0. The third-order valence-corrected chi connectivity index (χ3v) is 4.92. The molecule has 0 nitrogen and oxygen atoms in total. The zero-order valence-corrected chi connectivity index (χ0v) is 12.1. The highest BCUT2D eigenvalue weighted by Crippen LogP contribution is 2.26. The fourth-order valence-electron chi connectivity index (χ4n) is 1.44. The monoisotopic (exact) mass is 286 g/mol. The minimum Gasteiger partial charge on any atom is -0.126 e. The second-order valence-electron chi connectivity index (χ2n) is 4.01. The molecule has 0 saturated heterocycles. The van der Waals surface area contributed by atoms with E-state index in [0.29, 0.717) is 0 Å². The number of rotatable bonds is 5. The van der Waals surface area contributed by atoms with E-state index in [4.69, 9.17) is 0 Å². The van der Waals surface area contributed by atoms with Crippen molar-refractivity contribution in [3.8, 4) is 0 Å². The molecule has 0 bridgehead atoms. The average Bonchev–Trinajstić information content (AvgIpc) is 2.22. The molecular formula is C13H19BrS. The van der Waals surface area contributed by atoms with Crippen LogP contribution in [0.5, 0.6) is 0 Å². The molecule has 0 fully saturated rings. The van der Waals surface area contributed by atoms with Crippen molar-refractivity contribution in [1.82, 2.24) is 0 Å². The molecule has 0 aliphatic carbocycles. The molecule has 0 radical (unpaired) electrons. The van der Waals surface area contributed by atoms with Crippen molar-refractivity contribution in [1.29, 1.82) is 0 Å². The Kier molecular flexibility index (Phi) is 5.77. The second-order valence-corrected chi connectivity index (χ2v) is 5.72. The van der Waals surface area contributed by atoms with Gasteiger partial charge in [-0.1, -0.05) is 47.0 Å². The second kappa shape index (κ2) is 6.59. The average molecular weight is 287 g/mol. The van der Waals surface area contributed by atoms with Crippen LogP contribution < -0.4 is 0 Å². The Labute approximate surface area is 106 Å². The molecule has 0 N–H and O–H groups in total. The summed E-state index contributed by atoms with van der Waals surface area (Å²) in [6.45, 7) is 6.60. The van der Waals surface area contributed by atoms with E-state index in [-0.39, 0.29) is 0 Å². The third-order valence-electron chi connectivity index (χ3n) is 2.60. The van der Waals surface area contributed by atoms with Gasteiger partial charge in [-0.05, 0) is 31.4 Å². The van der Waals surface area contributed by atoms with E-state index in [2.05, 4.69) is 54.9 Å². The van der Waals surface area contributed by atoms with Gasteiger partial charge >= 0.3 is 0 Å². The highest BCUT2D eigenvalue weighted by atomic mass is 79.9. The van der Waals surface area contributed by atoms with Crippen LogP contribution in [0.1, 0.15) is 24.5 Å². The highest BCUT2D eigenvalue weighted by molar-refractivity contribution is 9.09. The zero-order chi connectivity index (χ0) is 11.3. The van der Waals surface area contributed by atoms with Crippen molar-refractivity contribution in [3.63, 3.8) is 0 Å². The van der Waals surface area contributed by atoms with Crippen molar-refractivity contribution in [3.05, 3.63) is 29.3 Å². The van der Waals surface area contributed by atoms with Crippen LogP contribution in [0.15, 0.2) is 23.1 Å². The van der Waals surface area contributed by atoms with Gasteiger partial charge in [0.15, 0.2) is 0 Å². The molecule has 1 atom stereocenters. The molecule has 15 heavy (non-hydrogen) atoms. The maximum Gasteiger partial charge on any atom is 0.0101 e. The molecule has 0 aliphatic rings. The maximum absolute atomic E-state index is 3.57. The van der Waals surface area contributed by atoms with Gasteiger partial charge in [0.2, 0.25) is 0 Å². The smallest absolute Gasteiger partial charge is 0.0101 e. The molecule has 1 rings (SSSR count). The van der Waals surface area contributed by atoms with E-state index in [1.165, 1.54) is 28.2 Å². The predicted octanol–water partition coefficient (Wildman–Crippen LogP) is 4.82. The number of aryl methyl sites for hydroxylation is 2. The van der Waals surface area contributed by atoms with E-state index in [1.807, 2.05) is 11.8 Å². The minimum absolute atomic E-state index is 0.788. The topological polar surface area (TPSA) is 0 Å². The first-order valence-electron chi connectivity index (χ1n) is 5.43. The number of halogens is 1. The summed E-state index contributed by atoms with van der Waals surface area (Å²) in [6.07, 6.45) is 1.25. The molecule has 0 amide bonds. The Bertz CT molecular complexity index is 305. The number of alkyl halides is 1. The summed E-state index contributed by atoms with van der Waals surface area (Å²) in [5, 5.41) is 1.11. The lowest BCUT2D eigenvalue weighted by molar-refractivity contribution is 0.652. The van der Waals surface area contributed by atoms with E-state index in [1.54, 1.807) is 0 Å². The van der Waals surface area contributed by atoms with Crippen LogP contribution >= 0.6 is 27.7 Å². The van der Waals surface area contributed by atoms with Gasteiger partial charge in [0, 0.05) is 16.0 Å². The summed E-state index contributed by atoms with van der Waals surface area (Å²) in [7, 11) is 0. The van der Waals surface area contributed by atoms with Crippen molar-refractivity contribution in [2.45, 2.75) is 32.1 Å². The summed E-state index contributed by atoms with van der Waals surface area (Å²) in [6, 6.07) is 6.71. The Hall–Kier alpha value is 0.0500. The van der Waals surface area contributed by atoms with E-state index in [0.717, 1.165) is 11.2 Å². The van der Waals surface area contributed by atoms with Crippen LogP contribution in [0.3, 0.4) is 0 Å². The molecule has 84 valence electrons. The van der Waals surface area contributed by atoms with Gasteiger partial charge in [0.1, 0.15) is 0 Å². The molecule has 1 aromatic rings. The van der Waals surface area contributed by atoms with Crippen molar-refractivity contribution < 1.29 is 0 Å². The maximum atomic E-state index is 3.57. The predicted molar refractivity (Wildman–Crippen MR) is 74.2 cm³/mol. The fraction of sp³-hybridized carbons (Fsp3) is 0.538. The Morgan fingerprint density at radius 3 is 2.60 bits per heavy atom. The lowest BCUT2D eigenvalue weighted by Gasteiger charge is -2.12. The van der Waals surface area contributed by atoms with E-state index < -0.39 is 0 Å². The van der Waals surface area contributed by atoms with Gasteiger partial charge in [-0.25, -0.2) is 0 Å². The van der Waals surface area contributed by atoms with Crippen molar-refractivity contribution in [2.75, 3.05) is 11.1 Å². The Morgan fingerprint density at radius 1 is 1.33 bits per heavy atom. The number of hydrogen-bond donors (Lipinski definition) is 0. The van der Waals surface area contributed by atoms with Gasteiger partial charge in [-0.3, -0.25) is 0 Å². The zero-order valence-electron chi connectivity index (χ0n) is 9.72. The molecule has 0 heterocycles. The quantitative estimate of drug-likeness (QED) is 0.553. The van der Waals surface area contributed by atoms with E-state index in [9.17, 15) is 0 Å². The molecule has 0 saturated carbocycles. The number of thioether (sulfide) groups is 1. The SMILES string of the molecule is CCC(CBr)CSc1ccc(C)cc1C. The summed E-state index contributed by atoms with van der Waals surface area (Å²) in [4.78, 5) is 1.43. The van der Waals surface area contributed by atoms with Crippen LogP contribution in [0.2, 0.25) is 0 Å². The Balaban J connectivity index is 2.57. The van der Waals surface area contributed by atoms with E-state index >= 15 is 0 Å². The molecule has 1 unspecified atom stereocenters. The molecule has 2 heteroatoms. The van der Waals surface area contributed by atoms with Crippen molar-refractivity contribution in [2.24, 2.45) is 5.92 Å². The number of benzene rings is 1. The first kappa shape index (κ1) is 13.1. The first-order valence-corrected chi connectivity index (χ1v) is 7.54. The summed E-state index contributed by atoms with van der Waals surface area (Å²) >= 11 is 5.55. The van der Waals surface area contributed by atoms with Gasteiger partial charge < -0.3 is 0 Å². The molecule has 0 spiro atoms. The van der Waals surface area contributed by atoms with Gasteiger partial charge in [-0.2, -0.15) is 0 Å². The van der Waals surface area contributed by atoms with Crippen LogP contribution in [0.25, 0.3) is 0 Å². The van der Waals surface area contributed by atoms with Crippen LogP contribution in [-0.2, 0) is 0 Å². The van der Waals surface area contributed by atoms with Crippen LogP contribution in [0, 0.1) is 19.8 Å². The van der Waals surface area contributed by atoms with Gasteiger partial charge in [-0.15, -0.1) is 11.8 Å². The highest BCUT2D eigenvalue weighted by Gasteiger charge is 2.06. The van der Waals surface area contributed by atoms with Crippen LogP contribution in [-0.4, -0.2) is 11.1 Å². The third kappa shape index (κ3) is 4.20. The molecule has 0 aliphatic heterocycles. The van der Waals surface area contributed by atoms with Gasteiger partial charge in [0.25, 0.3) is 0 Å². The molecular weight excluding hydrogens is 268 g/mol. The minimum atomic E-state index is 0.788. The van der Waals surface area contributed by atoms with Crippen LogP contribution in [0.4, 0.5) is 0 Å². The number of hydrogen-bond acceptors (Lipinski definition) is 1. The molecule has 0 aromatic heterocycles. The molecule has 1 aromatic carbocycles.